The van der Waals surface area contributed by atoms with Gasteiger partial charge in [0.15, 0.2) is 0 Å². The Hall–Kier alpha value is -0.740. The first-order valence-electron chi connectivity index (χ1n) is 3.67. The highest BCUT2D eigenvalue weighted by Crippen LogP contribution is 1.30. The summed E-state index contributed by atoms with van der Waals surface area (Å²) in [6.45, 7) is 6.75. The molecule has 0 aromatic heterocycles. The van der Waals surface area contributed by atoms with Gasteiger partial charge in [-0.1, -0.05) is 0 Å². The van der Waals surface area contributed by atoms with E-state index in [-0.39, 0.29) is 13.2 Å². The summed E-state index contributed by atoms with van der Waals surface area (Å²) in [5.41, 5.74) is 0. The van der Waals surface area contributed by atoms with Gasteiger partial charge in [0.25, 0.3) is 0 Å². The van der Waals surface area contributed by atoms with Gasteiger partial charge in [-0.25, -0.2) is 0 Å². The average molecular weight is 180 g/mol. The van der Waals surface area contributed by atoms with Crippen LogP contribution in [-0.2, 0) is 9.59 Å². The van der Waals surface area contributed by atoms with Crippen molar-refractivity contribution in [2.75, 3.05) is 13.2 Å². The number of hydrogen-bond donors (Lipinski definition) is 2. The Bertz CT molecular complexity index is 47.0. The molecule has 0 unspecified atom stereocenters. The molecule has 76 valence electrons. The number of carbonyl (C=O) groups is 2. The molecular weight excluding hydrogens is 160 g/mol. The monoisotopic (exact) mass is 180 g/mol. The quantitative estimate of drug-likeness (QED) is 0.529. The number of rotatable bonds is 0. The van der Waals surface area contributed by atoms with E-state index in [1.807, 2.05) is 0 Å². The van der Waals surface area contributed by atoms with E-state index in [1.54, 1.807) is 13.8 Å². The van der Waals surface area contributed by atoms with Crippen LogP contribution in [0.1, 0.15) is 27.7 Å². The van der Waals surface area contributed by atoms with Crippen LogP contribution in [0.2, 0.25) is 0 Å². The zero-order valence-electron chi connectivity index (χ0n) is 8.28. The highest BCUT2D eigenvalue weighted by Gasteiger charge is 1.34. The fourth-order valence-electron chi connectivity index (χ4n) is 0. The maximum atomic E-state index is 8.81. The predicted octanol–water partition coefficient (Wildman–Crippen LogP) is 0.408. The summed E-state index contributed by atoms with van der Waals surface area (Å²) in [7, 11) is 0. The zero-order valence-corrected chi connectivity index (χ0v) is 8.28. The fourth-order valence-corrected chi connectivity index (χ4v) is 0. The average Bonchev–Trinajstić information content (AvgIpc) is 1.92. The van der Waals surface area contributed by atoms with Crippen LogP contribution in [0.5, 0.6) is 0 Å². The van der Waals surface area contributed by atoms with Crippen molar-refractivity contribution in [1.82, 2.24) is 0 Å². The number of carbonyl (C=O) groups excluding carboxylic acids is 2. The minimum atomic E-state index is 0.250. The molecular formula is C8H20O4. The van der Waals surface area contributed by atoms with Crippen LogP contribution in [0.25, 0.3) is 0 Å². The third-order valence-electron chi connectivity index (χ3n) is 0. The summed E-state index contributed by atoms with van der Waals surface area (Å²) in [6.07, 6.45) is 1.50. The molecule has 0 rings (SSSR count). The lowest BCUT2D eigenvalue weighted by Crippen LogP contribution is -1.57. The van der Waals surface area contributed by atoms with Crippen LogP contribution in [0, 0.1) is 0 Å². The molecule has 0 aromatic carbocycles. The molecule has 0 aliphatic rings. The summed E-state index contributed by atoms with van der Waals surface area (Å²) in [4.78, 5) is 17.6. The molecule has 0 radical (unpaired) electrons. The molecule has 0 aliphatic carbocycles. The number of hydrogen-bond acceptors (Lipinski definition) is 4. The van der Waals surface area contributed by atoms with Crippen molar-refractivity contribution in [3.8, 4) is 0 Å². The van der Waals surface area contributed by atoms with Crippen LogP contribution >= 0.6 is 0 Å². The lowest BCUT2D eigenvalue weighted by molar-refractivity contribution is -0.106. The molecule has 0 fully saturated rings. The van der Waals surface area contributed by atoms with Crippen molar-refractivity contribution in [1.29, 1.82) is 0 Å². The second-order valence-electron chi connectivity index (χ2n) is 1.10. The standard InChI is InChI=1S/2C2H6O.2C2H4O/c4*1-2-3/h2*3H,2H2,1H3;2*2H,1H3. The van der Waals surface area contributed by atoms with Crippen LogP contribution in [0.15, 0.2) is 0 Å². The third-order valence-corrected chi connectivity index (χ3v) is 0. The van der Waals surface area contributed by atoms with E-state index in [4.69, 9.17) is 19.8 Å². The second kappa shape index (κ2) is 82.8. The van der Waals surface area contributed by atoms with Gasteiger partial charge >= 0.3 is 0 Å². The normalized spacial score (nSPS) is 5.17. The summed E-state index contributed by atoms with van der Waals surface area (Å²) in [6, 6.07) is 0. The minimum absolute atomic E-state index is 0.250. The summed E-state index contributed by atoms with van der Waals surface area (Å²) in [5.74, 6) is 0. The van der Waals surface area contributed by atoms with E-state index >= 15 is 0 Å². The summed E-state index contributed by atoms with van der Waals surface area (Å²) >= 11 is 0. The van der Waals surface area contributed by atoms with Gasteiger partial charge in [-0.05, 0) is 27.7 Å². The molecule has 2 N–H and O–H groups in total. The van der Waals surface area contributed by atoms with Crippen LogP contribution < -0.4 is 0 Å². The molecule has 12 heavy (non-hydrogen) atoms. The first kappa shape index (κ1) is 22.5. The first-order valence-corrected chi connectivity index (χ1v) is 3.67. The van der Waals surface area contributed by atoms with Gasteiger partial charge in [-0.15, -0.1) is 0 Å². The van der Waals surface area contributed by atoms with Gasteiger partial charge < -0.3 is 19.8 Å². The molecule has 0 aromatic rings. The summed E-state index contributed by atoms with van der Waals surface area (Å²) in [5, 5.41) is 15.1. The molecule has 0 heterocycles. The molecule has 0 bridgehead atoms. The number of aliphatic hydroxyl groups is 2. The van der Waals surface area contributed by atoms with E-state index in [2.05, 4.69) is 0 Å². The van der Waals surface area contributed by atoms with E-state index in [0.717, 1.165) is 12.6 Å². The predicted molar refractivity (Wildman–Crippen MR) is 49.0 cm³/mol. The van der Waals surface area contributed by atoms with Crippen LogP contribution in [-0.4, -0.2) is 36.0 Å². The fraction of sp³-hybridized carbons (Fsp3) is 0.750. The Morgan fingerprint density at radius 3 is 0.917 bits per heavy atom. The van der Waals surface area contributed by atoms with Crippen molar-refractivity contribution in [3.63, 3.8) is 0 Å². The Balaban J connectivity index is -0.0000000356. The zero-order chi connectivity index (χ0) is 10.8. The van der Waals surface area contributed by atoms with Gasteiger partial charge in [0, 0.05) is 13.2 Å². The van der Waals surface area contributed by atoms with E-state index in [0.29, 0.717) is 0 Å². The Labute approximate surface area is 74.2 Å². The highest BCUT2D eigenvalue weighted by atomic mass is 16.3. The van der Waals surface area contributed by atoms with Gasteiger partial charge in [0.2, 0.25) is 0 Å². The van der Waals surface area contributed by atoms with Crippen LogP contribution in [0.3, 0.4) is 0 Å². The maximum absolute atomic E-state index is 8.81. The molecule has 4 nitrogen and oxygen atoms in total. The maximum Gasteiger partial charge on any atom is 0.116 e. The summed E-state index contributed by atoms with van der Waals surface area (Å²) < 4.78 is 0. The topological polar surface area (TPSA) is 74.6 Å². The van der Waals surface area contributed by atoms with Gasteiger partial charge in [-0.3, -0.25) is 0 Å². The lowest BCUT2D eigenvalue weighted by Gasteiger charge is -1.52. The van der Waals surface area contributed by atoms with Crippen molar-refractivity contribution < 1.29 is 19.8 Å². The van der Waals surface area contributed by atoms with E-state index in [9.17, 15) is 0 Å². The molecule has 0 spiro atoms. The van der Waals surface area contributed by atoms with Gasteiger partial charge in [0.1, 0.15) is 12.6 Å². The van der Waals surface area contributed by atoms with Gasteiger partial charge in [-0.2, -0.15) is 0 Å². The molecule has 0 saturated heterocycles. The Morgan fingerprint density at radius 2 is 0.917 bits per heavy atom. The molecule has 0 atom stereocenters. The second-order valence-corrected chi connectivity index (χ2v) is 1.10. The molecule has 4 heteroatoms. The Morgan fingerprint density at radius 1 is 0.917 bits per heavy atom. The van der Waals surface area contributed by atoms with Crippen molar-refractivity contribution in [3.05, 3.63) is 0 Å². The number of aldehydes is 2. The third kappa shape index (κ3) is 1150. The largest absolute Gasteiger partial charge is 0.397 e. The first-order chi connectivity index (χ1) is 5.66. The van der Waals surface area contributed by atoms with E-state index in [1.165, 1.54) is 13.8 Å². The molecule has 0 amide bonds. The molecule has 0 aliphatic heterocycles. The van der Waals surface area contributed by atoms with Crippen LogP contribution in [0.4, 0.5) is 0 Å². The van der Waals surface area contributed by atoms with Crippen molar-refractivity contribution in [2.45, 2.75) is 27.7 Å². The lowest BCUT2D eigenvalue weighted by atomic mass is 10.9. The SMILES string of the molecule is CC=O.CC=O.CCO.CCO. The Kier molecular flexibility index (Phi) is 155. The van der Waals surface area contributed by atoms with E-state index < -0.39 is 0 Å². The van der Waals surface area contributed by atoms with Crippen molar-refractivity contribution in [2.24, 2.45) is 0 Å². The molecule has 0 saturated carbocycles. The smallest absolute Gasteiger partial charge is 0.116 e. The minimum Gasteiger partial charge on any atom is -0.397 e. The van der Waals surface area contributed by atoms with Gasteiger partial charge in [0.05, 0.1) is 0 Å². The number of aliphatic hydroxyl groups excluding tert-OH is 2. The highest BCUT2D eigenvalue weighted by molar-refractivity contribution is 5.44. The van der Waals surface area contributed by atoms with Crippen molar-refractivity contribution >= 4 is 12.6 Å².